The van der Waals surface area contributed by atoms with Gasteiger partial charge >= 0.3 is 0 Å². The van der Waals surface area contributed by atoms with Gasteiger partial charge in [0.15, 0.2) is 11.0 Å². The number of thioether (sulfide) groups is 1. The lowest BCUT2D eigenvalue weighted by Crippen LogP contribution is -2.50. The minimum atomic E-state index is -0.967. The molecule has 0 bridgehead atoms. The van der Waals surface area contributed by atoms with Crippen molar-refractivity contribution >= 4 is 28.8 Å². The van der Waals surface area contributed by atoms with Crippen LogP contribution in [0.15, 0.2) is 35.6 Å². The van der Waals surface area contributed by atoms with E-state index < -0.39 is 21.9 Å². The molecule has 4 atom stereocenters. The van der Waals surface area contributed by atoms with Crippen LogP contribution in [-0.4, -0.2) is 53.4 Å². The van der Waals surface area contributed by atoms with E-state index >= 15 is 4.39 Å². The average Bonchev–Trinajstić information content (AvgIpc) is 2.82. The van der Waals surface area contributed by atoms with E-state index in [0.717, 1.165) is 0 Å². The molecule has 2 aromatic rings. The molecule has 1 aromatic heterocycles. The fourth-order valence-corrected chi connectivity index (χ4v) is 5.33. The molecule has 0 saturated heterocycles. The van der Waals surface area contributed by atoms with Gasteiger partial charge in [-0.05, 0) is 44.5 Å². The Morgan fingerprint density at radius 1 is 1.26 bits per heavy atom. The summed E-state index contributed by atoms with van der Waals surface area (Å²) in [4.78, 5) is 12.8. The van der Waals surface area contributed by atoms with Crippen LogP contribution in [0.3, 0.4) is 0 Å². The Morgan fingerprint density at radius 3 is 2.63 bits per heavy atom. The van der Waals surface area contributed by atoms with Gasteiger partial charge in [0, 0.05) is 30.4 Å². The SMILES string of the molecule is COC[C@@]1(C)SC(N)=N[C@](C)(c2cc(/C=C(\F)c3cnc(OC[C@H](C)OC)cn3)ccc2F)[C@@H]1C. The first kappa shape index (κ1) is 27.0. The van der Waals surface area contributed by atoms with E-state index in [0.29, 0.717) is 29.5 Å². The first-order chi connectivity index (χ1) is 16.5. The molecular weight excluding hydrogens is 474 g/mol. The van der Waals surface area contributed by atoms with Gasteiger partial charge in [0.05, 0.1) is 30.6 Å². The number of aliphatic imine (C=N–C) groups is 1. The largest absolute Gasteiger partial charge is 0.474 e. The molecule has 7 nitrogen and oxygen atoms in total. The zero-order chi connectivity index (χ0) is 25.8. The van der Waals surface area contributed by atoms with Crippen LogP contribution in [0.25, 0.3) is 11.9 Å². The van der Waals surface area contributed by atoms with E-state index in [1.165, 1.54) is 42.4 Å². The van der Waals surface area contributed by atoms with Gasteiger partial charge in [0.25, 0.3) is 0 Å². The lowest BCUT2D eigenvalue weighted by Gasteiger charge is -2.47. The maximum Gasteiger partial charge on any atom is 0.232 e. The van der Waals surface area contributed by atoms with E-state index in [2.05, 4.69) is 15.0 Å². The van der Waals surface area contributed by atoms with E-state index in [9.17, 15) is 4.39 Å². The number of halogens is 2. The molecule has 3 rings (SSSR count). The molecule has 1 aliphatic heterocycles. The molecule has 0 fully saturated rings. The number of ether oxygens (including phenoxy) is 3. The van der Waals surface area contributed by atoms with Crippen molar-refractivity contribution in [2.24, 2.45) is 16.6 Å². The zero-order valence-corrected chi connectivity index (χ0v) is 21.7. The number of hydrogen-bond donors (Lipinski definition) is 1. The summed E-state index contributed by atoms with van der Waals surface area (Å²) in [5, 5.41) is 0.356. The van der Waals surface area contributed by atoms with Crippen LogP contribution in [-0.2, 0) is 15.0 Å². The number of nitrogens with two attached hydrogens (primary N) is 1. The fraction of sp³-hybridized carbons (Fsp3) is 0.480. The van der Waals surface area contributed by atoms with Crippen molar-refractivity contribution < 1.29 is 23.0 Å². The van der Waals surface area contributed by atoms with Gasteiger partial charge in [-0.3, -0.25) is 4.99 Å². The maximum atomic E-state index is 15.1. The van der Waals surface area contributed by atoms with Crippen molar-refractivity contribution in [2.45, 2.75) is 44.1 Å². The Morgan fingerprint density at radius 2 is 2.00 bits per heavy atom. The molecule has 1 aliphatic rings. The normalized spacial score (nSPS) is 25.8. The first-order valence-electron chi connectivity index (χ1n) is 11.2. The standard InChI is InChI=1S/C25H32F2N4O3S/c1-15(33-6)13-34-22-12-29-21(11-30-22)20(27)10-17-7-8-19(26)18(9-17)25(4)16(2)24(3,14-32-5)35-23(28)31-25/h7-12,15-16H,13-14H2,1-6H3,(H2,28,31)/b20-10-/t15-,16+,24+,25-/m0/s1. The van der Waals surface area contributed by atoms with Crippen molar-refractivity contribution in [1.82, 2.24) is 9.97 Å². The zero-order valence-electron chi connectivity index (χ0n) is 20.8. The molecule has 0 radical (unpaired) electrons. The Balaban J connectivity index is 1.90. The second-order valence-electron chi connectivity index (χ2n) is 9.00. The van der Waals surface area contributed by atoms with Gasteiger partial charge < -0.3 is 19.9 Å². The minimum absolute atomic E-state index is 0.0339. The van der Waals surface area contributed by atoms with E-state index in [-0.39, 0.29) is 23.6 Å². The molecule has 0 saturated carbocycles. The summed E-state index contributed by atoms with van der Waals surface area (Å²) in [7, 11) is 3.20. The summed E-state index contributed by atoms with van der Waals surface area (Å²) < 4.78 is 45.6. The van der Waals surface area contributed by atoms with Crippen LogP contribution < -0.4 is 10.5 Å². The van der Waals surface area contributed by atoms with Gasteiger partial charge in [-0.15, -0.1) is 0 Å². The van der Waals surface area contributed by atoms with Crippen LogP contribution in [0.1, 0.15) is 44.5 Å². The number of rotatable bonds is 9. The molecule has 190 valence electrons. The number of hydrogen-bond acceptors (Lipinski definition) is 8. The lowest BCUT2D eigenvalue weighted by atomic mass is 9.73. The number of nitrogens with zero attached hydrogens (tertiary/aromatic N) is 3. The Hall–Kier alpha value is -2.56. The highest BCUT2D eigenvalue weighted by molar-refractivity contribution is 8.15. The summed E-state index contributed by atoms with van der Waals surface area (Å²) >= 11 is 1.42. The molecule has 2 N–H and O–H groups in total. The van der Waals surface area contributed by atoms with Crippen LogP contribution in [0.2, 0.25) is 0 Å². The third-order valence-electron chi connectivity index (χ3n) is 6.44. The van der Waals surface area contributed by atoms with Gasteiger partial charge in [-0.2, -0.15) is 0 Å². The second kappa shape index (κ2) is 11.0. The topological polar surface area (TPSA) is 91.9 Å². The molecule has 2 heterocycles. The molecule has 35 heavy (non-hydrogen) atoms. The fourth-order valence-electron chi connectivity index (χ4n) is 4.03. The molecular formula is C25H32F2N4O3S. The lowest BCUT2D eigenvalue weighted by molar-refractivity contribution is 0.0698. The summed E-state index contributed by atoms with van der Waals surface area (Å²) in [5.41, 5.74) is 6.01. The van der Waals surface area contributed by atoms with Gasteiger partial charge in [-0.1, -0.05) is 24.8 Å². The predicted octanol–water partition coefficient (Wildman–Crippen LogP) is 4.81. The minimum Gasteiger partial charge on any atom is -0.474 e. The number of amidine groups is 1. The van der Waals surface area contributed by atoms with Crippen molar-refractivity contribution in [2.75, 3.05) is 27.4 Å². The first-order valence-corrected chi connectivity index (χ1v) is 12.0. The van der Waals surface area contributed by atoms with E-state index in [4.69, 9.17) is 19.9 Å². The van der Waals surface area contributed by atoms with Gasteiger partial charge in [0.2, 0.25) is 5.88 Å². The molecule has 0 unspecified atom stereocenters. The Kier molecular flexibility index (Phi) is 8.50. The highest BCUT2D eigenvalue weighted by Crippen LogP contribution is 2.50. The van der Waals surface area contributed by atoms with Crippen LogP contribution in [0, 0.1) is 11.7 Å². The maximum absolute atomic E-state index is 15.1. The smallest absolute Gasteiger partial charge is 0.232 e. The molecule has 0 spiro atoms. The average molecular weight is 507 g/mol. The summed E-state index contributed by atoms with van der Waals surface area (Å²) in [6, 6.07) is 4.41. The van der Waals surface area contributed by atoms with Crippen LogP contribution in [0.4, 0.5) is 8.78 Å². The monoisotopic (exact) mass is 506 g/mol. The van der Waals surface area contributed by atoms with E-state index in [1.807, 2.05) is 27.7 Å². The van der Waals surface area contributed by atoms with Crippen LogP contribution >= 0.6 is 11.8 Å². The summed E-state index contributed by atoms with van der Waals surface area (Å²) in [5.74, 6) is -0.922. The number of aromatic nitrogens is 2. The number of benzene rings is 1. The van der Waals surface area contributed by atoms with Crippen molar-refractivity contribution in [1.29, 1.82) is 0 Å². The van der Waals surface area contributed by atoms with Crippen molar-refractivity contribution in [3.05, 3.63) is 53.2 Å². The summed E-state index contributed by atoms with van der Waals surface area (Å²) in [6.45, 7) is 8.43. The third-order valence-corrected chi connectivity index (χ3v) is 7.68. The van der Waals surface area contributed by atoms with Crippen molar-refractivity contribution in [3.8, 4) is 5.88 Å². The van der Waals surface area contributed by atoms with Gasteiger partial charge in [0.1, 0.15) is 18.1 Å². The van der Waals surface area contributed by atoms with Crippen LogP contribution in [0.5, 0.6) is 5.88 Å². The number of methoxy groups -OCH3 is 2. The molecule has 0 amide bonds. The Labute approximate surface area is 209 Å². The molecule has 10 heteroatoms. The van der Waals surface area contributed by atoms with Crippen molar-refractivity contribution in [3.63, 3.8) is 0 Å². The predicted molar refractivity (Wildman–Crippen MR) is 135 cm³/mol. The quantitative estimate of drug-likeness (QED) is 0.522. The molecule has 0 aliphatic carbocycles. The summed E-state index contributed by atoms with van der Waals surface area (Å²) in [6.07, 6.45) is 3.80. The van der Waals surface area contributed by atoms with Gasteiger partial charge in [-0.25, -0.2) is 18.7 Å². The van der Waals surface area contributed by atoms with E-state index in [1.54, 1.807) is 20.3 Å². The Bertz CT molecular complexity index is 1100. The highest BCUT2D eigenvalue weighted by atomic mass is 32.2. The highest BCUT2D eigenvalue weighted by Gasteiger charge is 2.50. The molecule has 1 aromatic carbocycles. The third kappa shape index (κ3) is 5.99. The second-order valence-corrected chi connectivity index (χ2v) is 10.6.